The molecule has 2 aliphatic rings. The lowest BCUT2D eigenvalue weighted by atomic mass is 9.85. The topological polar surface area (TPSA) is 35.8 Å². The van der Waals surface area contributed by atoms with Crippen molar-refractivity contribution in [3.05, 3.63) is 64.5 Å². The van der Waals surface area contributed by atoms with Crippen LogP contribution in [-0.2, 0) is 11.3 Å². The van der Waals surface area contributed by atoms with Crippen molar-refractivity contribution in [3.8, 4) is 5.75 Å². The van der Waals surface area contributed by atoms with E-state index in [0.717, 1.165) is 64.7 Å². The van der Waals surface area contributed by atoms with Crippen LogP contribution in [0.25, 0.3) is 5.32 Å². The Bertz CT molecular complexity index is 760. The van der Waals surface area contributed by atoms with E-state index in [-0.39, 0.29) is 0 Å². The molecule has 1 fully saturated rings. The highest BCUT2D eigenvalue weighted by Gasteiger charge is 2.17. The standard InChI is InChI=1S/C23H29N2O2S/c1-28-21-6-3-18(4-7-21)23-17-24-16-19-15-20(5-8-22(19)23)27-12-2-9-25-10-13-26-14-11-25/h3-8,15,23H,2,9-14,16-17H2,1H3/q-1. The zero-order valence-corrected chi connectivity index (χ0v) is 17.4. The molecule has 5 heteroatoms. The summed E-state index contributed by atoms with van der Waals surface area (Å²) in [6.07, 6.45) is 3.16. The minimum absolute atomic E-state index is 0.357. The average Bonchev–Trinajstić information content (AvgIpc) is 2.77. The van der Waals surface area contributed by atoms with E-state index in [1.807, 2.05) is 0 Å². The summed E-state index contributed by atoms with van der Waals surface area (Å²) < 4.78 is 11.4. The average molecular weight is 398 g/mol. The molecule has 150 valence electrons. The molecule has 0 amide bonds. The number of hydrogen-bond donors (Lipinski definition) is 0. The molecular weight excluding hydrogens is 368 g/mol. The Hall–Kier alpha value is -1.53. The molecule has 4 rings (SSSR count). The zero-order valence-electron chi connectivity index (χ0n) is 16.6. The summed E-state index contributed by atoms with van der Waals surface area (Å²) in [5, 5.41) is 4.74. The number of thioether (sulfide) groups is 1. The highest BCUT2D eigenvalue weighted by Crippen LogP contribution is 2.36. The quantitative estimate of drug-likeness (QED) is 0.508. The molecule has 2 aromatic carbocycles. The maximum absolute atomic E-state index is 6.03. The Morgan fingerprint density at radius 1 is 1.14 bits per heavy atom. The number of nitrogens with zero attached hydrogens (tertiary/aromatic N) is 2. The van der Waals surface area contributed by atoms with Crippen molar-refractivity contribution in [1.82, 2.24) is 4.90 Å². The third-order valence-corrected chi connectivity index (χ3v) is 6.34. The molecule has 28 heavy (non-hydrogen) atoms. The Morgan fingerprint density at radius 2 is 1.96 bits per heavy atom. The number of morpholine rings is 1. The monoisotopic (exact) mass is 397 g/mol. The van der Waals surface area contributed by atoms with Crippen molar-refractivity contribution >= 4 is 11.8 Å². The molecule has 1 saturated heterocycles. The van der Waals surface area contributed by atoms with Crippen molar-refractivity contribution < 1.29 is 9.47 Å². The van der Waals surface area contributed by atoms with Crippen LogP contribution in [0.15, 0.2) is 47.4 Å². The van der Waals surface area contributed by atoms with Crippen LogP contribution in [0.2, 0.25) is 0 Å². The van der Waals surface area contributed by atoms with Gasteiger partial charge in [0, 0.05) is 24.5 Å². The highest BCUT2D eigenvalue weighted by molar-refractivity contribution is 7.98. The van der Waals surface area contributed by atoms with Crippen molar-refractivity contribution in [2.45, 2.75) is 23.8 Å². The van der Waals surface area contributed by atoms with Crippen molar-refractivity contribution in [2.24, 2.45) is 0 Å². The first-order chi connectivity index (χ1) is 13.8. The van der Waals surface area contributed by atoms with Gasteiger partial charge >= 0.3 is 0 Å². The lowest BCUT2D eigenvalue weighted by molar-refractivity contribution is 0.0358. The minimum atomic E-state index is 0.357. The number of fused-ring (bicyclic) bond motifs is 1. The van der Waals surface area contributed by atoms with Crippen LogP contribution < -0.4 is 4.74 Å². The third kappa shape index (κ3) is 4.90. The summed E-state index contributed by atoms with van der Waals surface area (Å²) >= 11 is 1.78. The fourth-order valence-corrected chi connectivity index (χ4v) is 4.39. The molecule has 0 aromatic heterocycles. The van der Waals surface area contributed by atoms with Gasteiger partial charge < -0.3 is 14.8 Å². The summed E-state index contributed by atoms with van der Waals surface area (Å²) in [5.74, 6) is 1.32. The van der Waals surface area contributed by atoms with Crippen LogP contribution >= 0.6 is 11.8 Å². The molecule has 0 radical (unpaired) electrons. The Morgan fingerprint density at radius 3 is 2.75 bits per heavy atom. The van der Waals surface area contributed by atoms with Crippen LogP contribution in [0.3, 0.4) is 0 Å². The predicted molar refractivity (Wildman–Crippen MR) is 116 cm³/mol. The van der Waals surface area contributed by atoms with Gasteiger partial charge in [0.15, 0.2) is 0 Å². The van der Waals surface area contributed by atoms with E-state index in [2.05, 4.69) is 53.6 Å². The smallest absolute Gasteiger partial charge is 0.119 e. The van der Waals surface area contributed by atoms with Gasteiger partial charge in [-0.15, -0.1) is 24.9 Å². The molecule has 0 aliphatic carbocycles. The number of hydrogen-bond acceptors (Lipinski definition) is 4. The fraction of sp³-hybridized carbons (Fsp3) is 0.478. The molecule has 1 unspecified atom stereocenters. The third-order valence-electron chi connectivity index (χ3n) is 5.59. The largest absolute Gasteiger partial charge is 0.658 e. The summed E-state index contributed by atoms with van der Waals surface area (Å²) in [6, 6.07) is 15.5. The fourth-order valence-electron chi connectivity index (χ4n) is 3.99. The first kappa shape index (κ1) is 19.8. The minimum Gasteiger partial charge on any atom is -0.658 e. The second kappa shape index (κ2) is 9.79. The normalized spacial score (nSPS) is 20.0. The Balaban J connectivity index is 1.35. The van der Waals surface area contributed by atoms with E-state index in [9.17, 15) is 0 Å². The van der Waals surface area contributed by atoms with E-state index >= 15 is 0 Å². The maximum atomic E-state index is 6.03. The van der Waals surface area contributed by atoms with Crippen molar-refractivity contribution in [1.29, 1.82) is 0 Å². The van der Waals surface area contributed by atoms with Gasteiger partial charge in [0.1, 0.15) is 5.75 Å². The van der Waals surface area contributed by atoms with Gasteiger partial charge in [-0.2, -0.15) is 0 Å². The SMILES string of the molecule is CSc1ccc(C2C[N-]Cc3cc(OCCCN4CCOCC4)ccc32)cc1. The maximum Gasteiger partial charge on any atom is 0.119 e. The van der Waals surface area contributed by atoms with E-state index in [1.165, 1.54) is 21.6 Å². The molecule has 4 nitrogen and oxygen atoms in total. The Labute approximate surface area is 172 Å². The molecule has 2 aromatic rings. The van der Waals surface area contributed by atoms with Gasteiger partial charge in [-0.25, -0.2) is 0 Å². The van der Waals surface area contributed by atoms with E-state index in [4.69, 9.17) is 14.8 Å². The number of ether oxygens (including phenoxy) is 2. The first-order valence-electron chi connectivity index (χ1n) is 10.2. The second-order valence-corrected chi connectivity index (χ2v) is 8.29. The molecule has 0 bridgehead atoms. The van der Waals surface area contributed by atoms with Crippen LogP contribution in [0.4, 0.5) is 0 Å². The summed E-state index contributed by atoms with van der Waals surface area (Å²) in [4.78, 5) is 3.75. The summed E-state index contributed by atoms with van der Waals surface area (Å²) in [6.45, 7) is 7.29. The van der Waals surface area contributed by atoms with E-state index in [1.54, 1.807) is 11.8 Å². The van der Waals surface area contributed by atoms with Gasteiger partial charge in [0.25, 0.3) is 0 Å². The van der Waals surface area contributed by atoms with Crippen molar-refractivity contribution in [2.75, 3.05) is 52.3 Å². The molecule has 0 spiro atoms. The van der Waals surface area contributed by atoms with Crippen molar-refractivity contribution in [3.63, 3.8) is 0 Å². The van der Waals surface area contributed by atoms with Gasteiger partial charge in [-0.3, -0.25) is 4.90 Å². The van der Waals surface area contributed by atoms with Crippen LogP contribution in [-0.4, -0.2) is 57.2 Å². The van der Waals surface area contributed by atoms with Gasteiger partial charge in [0.2, 0.25) is 0 Å². The molecule has 0 N–H and O–H groups in total. The van der Waals surface area contributed by atoms with E-state index in [0.29, 0.717) is 5.92 Å². The van der Waals surface area contributed by atoms with Gasteiger partial charge in [-0.1, -0.05) is 23.8 Å². The predicted octanol–water partition coefficient (Wildman–Crippen LogP) is 4.53. The van der Waals surface area contributed by atoms with Gasteiger partial charge in [0.05, 0.1) is 19.8 Å². The summed E-state index contributed by atoms with van der Waals surface area (Å²) in [5.41, 5.74) is 4.05. The summed E-state index contributed by atoms with van der Waals surface area (Å²) in [7, 11) is 0. The lowest BCUT2D eigenvalue weighted by Crippen LogP contribution is -2.37. The molecule has 0 saturated carbocycles. The molecule has 2 heterocycles. The Kier molecular flexibility index (Phi) is 6.91. The molecule has 2 aliphatic heterocycles. The second-order valence-electron chi connectivity index (χ2n) is 7.41. The van der Waals surface area contributed by atoms with E-state index < -0.39 is 0 Å². The van der Waals surface area contributed by atoms with Crippen LogP contribution in [0.1, 0.15) is 29.0 Å². The first-order valence-corrected chi connectivity index (χ1v) is 11.4. The van der Waals surface area contributed by atoms with Gasteiger partial charge in [-0.05, 0) is 54.0 Å². The highest BCUT2D eigenvalue weighted by atomic mass is 32.2. The number of rotatable bonds is 7. The zero-order chi connectivity index (χ0) is 19.2. The number of benzene rings is 2. The van der Waals surface area contributed by atoms with Crippen LogP contribution in [0.5, 0.6) is 5.75 Å². The molecule has 1 atom stereocenters. The molecular formula is C23H29N2O2S-. The lowest BCUT2D eigenvalue weighted by Gasteiger charge is -2.36. The van der Waals surface area contributed by atoms with Crippen LogP contribution in [0, 0.1) is 0 Å².